The maximum atomic E-state index is 12.2. The molecular weight excluding hydrogens is 292 g/mol. The minimum atomic E-state index is -2.96. The van der Waals surface area contributed by atoms with Crippen LogP contribution < -0.4 is 9.47 Å². The quantitative estimate of drug-likeness (QED) is 0.604. The van der Waals surface area contributed by atoms with Crippen LogP contribution in [0.4, 0.5) is 8.78 Å². The number of pyridine rings is 1. The highest BCUT2D eigenvalue weighted by atomic mass is 19.3. The molecule has 4 nitrogen and oxygen atoms in total. The summed E-state index contributed by atoms with van der Waals surface area (Å²) in [5, 5.41) is 0. The van der Waals surface area contributed by atoms with E-state index in [1.807, 2.05) is 0 Å². The van der Waals surface area contributed by atoms with Crippen molar-refractivity contribution in [3.8, 4) is 11.5 Å². The molecule has 0 N–H and O–H groups in total. The molecule has 0 saturated heterocycles. The molecule has 0 atom stereocenters. The predicted molar refractivity (Wildman–Crippen MR) is 77.2 cm³/mol. The van der Waals surface area contributed by atoms with E-state index in [1.165, 1.54) is 31.4 Å². The molecule has 1 heterocycles. The SMILES string of the molecule is COc1cc(C(=O)/C=C/c2ccccn2)ccc1OC(F)F. The Morgan fingerprint density at radius 1 is 1.23 bits per heavy atom. The van der Waals surface area contributed by atoms with Crippen LogP contribution in [0.1, 0.15) is 16.1 Å². The van der Waals surface area contributed by atoms with Crippen LogP contribution in [-0.4, -0.2) is 24.5 Å². The lowest BCUT2D eigenvalue weighted by Crippen LogP contribution is -2.04. The Morgan fingerprint density at radius 3 is 2.68 bits per heavy atom. The second-order valence-electron chi connectivity index (χ2n) is 4.20. The number of carbonyl (C=O) groups excluding carboxylic acids is 1. The number of allylic oxidation sites excluding steroid dienone is 1. The van der Waals surface area contributed by atoms with E-state index in [9.17, 15) is 13.6 Å². The standard InChI is InChI=1S/C16H13F2NO3/c1-21-15-10-11(5-8-14(15)22-16(17)18)13(20)7-6-12-4-2-3-9-19-12/h2-10,16H,1H3/b7-6+. The number of carbonyl (C=O) groups is 1. The molecule has 1 aromatic heterocycles. The first kappa shape index (κ1) is 15.6. The summed E-state index contributed by atoms with van der Waals surface area (Å²) in [6, 6.07) is 9.34. The Kier molecular flexibility index (Phi) is 5.19. The molecule has 0 aliphatic rings. The topological polar surface area (TPSA) is 48.4 Å². The van der Waals surface area contributed by atoms with Gasteiger partial charge in [-0.15, -0.1) is 0 Å². The van der Waals surface area contributed by atoms with Crippen molar-refractivity contribution in [3.63, 3.8) is 0 Å². The van der Waals surface area contributed by atoms with Gasteiger partial charge in [0, 0.05) is 11.8 Å². The van der Waals surface area contributed by atoms with Gasteiger partial charge in [-0.3, -0.25) is 9.78 Å². The van der Waals surface area contributed by atoms with Gasteiger partial charge in [0.2, 0.25) is 0 Å². The van der Waals surface area contributed by atoms with Crippen LogP contribution in [0.5, 0.6) is 11.5 Å². The van der Waals surface area contributed by atoms with Gasteiger partial charge in [-0.2, -0.15) is 8.78 Å². The van der Waals surface area contributed by atoms with Crippen molar-refractivity contribution < 1.29 is 23.0 Å². The minimum absolute atomic E-state index is 0.0670. The van der Waals surface area contributed by atoms with Crippen LogP contribution >= 0.6 is 0 Å². The number of aromatic nitrogens is 1. The molecule has 114 valence electrons. The first-order valence-corrected chi connectivity index (χ1v) is 6.36. The molecule has 0 aliphatic carbocycles. The van der Waals surface area contributed by atoms with E-state index in [0.717, 1.165) is 0 Å². The molecule has 1 aromatic carbocycles. The first-order valence-electron chi connectivity index (χ1n) is 6.36. The zero-order valence-electron chi connectivity index (χ0n) is 11.7. The number of nitrogens with zero attached hydrogens (tertiary/aromatic N) is 1. The molecule has 0 bridgehead atoms. The van der Waals surface area contributed by atoms with Crippen LogP contribution in [0.25, 0.3) is 6.08 Å². The molecular formula is C16H13F2NO3. The number of hydrogen-bond acceptors (Lipinski definition) is 4. The summed E-state index contributed by atoms with van der Waals surface area (Å²) < 4.78 is 33.7. The summed E-state index contributed by atoms with van der Waals surface area (Å²) >= 11 is 0. The van der Waals surface area contributed by atoms with Crippen molar-refractivity contribution in [1.29, 1.82) is 0 Å². The number of ketones is 1. The smallest absolute Gasteiger partial charge is 0.387 e. The summed E-state index contributed by atoms with van der Waals surface area (Å²) in [4.78, 5) is 16.1. The van der Waals surface area contributed by atoms with Gasteiger partial charge in [-0.25, -0.2) is 0 Å². The van der Waals surface area contributed by atoms with Crippen molar-refractivity contribution in [1.82, 2.24) is 4.98 Å². The second-order valence-corrected chi connectivity index (χ2v) is 4.20. The van der Waals surface area contributed by atoms with Gasteiger partial charge in [-0.1, -0.05) is 6.07 Å². The van der Waals surface area contributed by atoms with Crippen LogP contribution in [0, 0.1) is 0 Å². The van der Waals surface area contributed by atoms with E-state index < -0.39 is 6.61 Å². The average molecular weight is 305 g/mol. The third-order valence-corrected chi connectivity index (χ3v) is 2.76. The summed E-state index contributed by atoms with van der Waals surface area (Å²) in [6.07, 6.45) is 4.53. The van der Waals surface area contributed by atoms with Gasteiger partial charge in [-0.05, 0) is 42.5 Å². The Bertz CT molecular complexity index is 672. The summed E-state index contributed by atoms with van der Waals surface area (Å²) in [5.74, 6) is -0.354. The summed E-state index contributed by atoms with van der Waals surface area (Å²) in [6.45, 7) is -2.96. The Hall–Kier alpha value is -2.76. The Labute approximate surface area is 126 Å². The number of hydrogen-bond donors (Lipinski definition) is 0. The fourth-order valence-electron chi connectivity index (χ4n) is 1.75. The minimum Gasteiger partial charge on any atom is -0.493 e. The molecule has 0 saturated carbocycles. The number of rotatable bonds is 6. The van der Waals surface area contributed by atoms with Gasteiger partial charge in [0.15, 0.2) is 17.3 Å². The highest BCUT2D eigenvalue weighted by molar-refractivity contribution is 6.07. The molecule has 6 heteroatoms. The van der Waals surface area contributed by atoms with Crippen molar-refractivity contribution in [2.24, 2.45) is 0 Å². The third kappa shape index (κ3) is 4.12. The van der Waals surface area contributed by atoms with Gasteiger partial charge < -0.3 is 9.47 Å². The first-order chi connectivity index (χ1) is 10.6. The van der Waals surface area contributed by atoms with Gasteiger partial charge >= 0.3 is 6.61 Å². The van der Waals surface area contributed by atoms with Gasteiger partial charge in [0.05, 0.1) is 12.8 Å². The van der Waals surface area contributed by atoms with E-state index in [-0.39, 0.29) is 17.3 Å². The monoisotopic (exact) mass is 305 g/mol. The van der Waals surface area contributed by atoms with Crippen LogP contribution in [0.2, 0.25) is 0 Å². The van der Waals surface area contributed by atoms with Gasteiger partial charge in [0.25, 0.3) is 0 Å². The molecule has 0 unspecified atom stereocenters. The van der Waals surface area contributed by atoms with Crippen LogP contribution in [-0.2, 0) is 0 Å². The summed E-state index contributed by atoms with van der Waals surface area (Å²) in [5.41, 5.74) is 0.936. The van der Waals surface area contributed by atoms with Crippen molar-refractivity contribution in [2.45, 2.75) is 6.61 Å². The maximum absolute atomic E-state index is 12.2. The summed E-state index contributed by atoms with van der Waals surface area (Å²) in [7, 11) is 1.31. The maximum Gasteiger partial charge on any atom is 0.387 e. The van der Waals surface area contributed by atoms with Crippen molar-refractivity contribution >= 4 is 11.9 Å². The average Bonchev–Trinajstić information content (AvgIpc) is 2.53. The molecule has 0 amide bonds. The number of halogens is 2. The van der Waals surface area contributed by atoms with Crippen LogP contribution in [0.15, 0.2) is 48.7 Å². The lowest BCUT2D eigenvalue weighted by molar-refractivity contribution is -0.0512. The fourth-order valence-corrected chi connectivity index (χ4v) is 1.75. The van der Waals surface area contributed by atoms with E-state index in [2.05, 4.69) is 9.72 Å². The number of ether oxygens (including phenoxy) is 2. The van der Waals surface area contributed by atoms with Crippen LogP contribution in [0.3, 0.4) is 0 Å². The molecule has 2 rings (SSSR count). The normalized spacial score (nSPS) is 10.9. The largest absolute Gasteiger partial charge is 0.493 e. The second kappa shape index (κ2) is 7.31. The third-order valence-electron chi connectivity index (χ3n) is 2.76. The molecule has 0 aliphatic heterocycles. The van der Waals surface area contributed by atoms with E-state index in [1.54, 1.807) is 30.5 Å². The molecule has 0 spiro atoms. The number of methoxy groups -OCH3 is 1. The zero-order chi connectivity index (χ0) is 15.9. The zero-order valence-corrected chi connectivity index (χ0v) is 11.7. The molecule has 0 radical (unpaired) electrons. The van der Waals surface area contributed by atoms with E-state index in [4.69, 9.17) is 4.74 Å². The van der Waals surface area contributed by atoms with E-state index >= 15 is 0 Å². The molecule has 22 heavy (non-hydrogen) atoms. The van der Waals surface area contributed by atoms with Gasteiger partial charge in [0.1, 0.15) is 0 Å². The highest BCUT2D eigenvalue weighted by Gasteiger charge is 2.13. The lowest BCUT2D eigenvalue weighted by atomic mass is 10.1. The fraction of sp³-hybridized carbons (Fsp3) is 0.125. The lowest BCUT2D eigenvalue weighted by Gasteiger charge is -2.10. The Morgan fingerprint density at radius 2 is 2.05 bits per heavy atom. The highest BCUT2D eigenvalue weighted by Crippen LogP contribution is 2.29. The van der Waals surface area contributed by atoms with Crippen molar-refractivity contribution in [2.75, 3.05) is 7.11 Å². The number of alkyl halides is 2. The van der Waals surface area contributed by atoms with Crippen molar-refractivity contribution in [3.05, 3.63) is 59.9 Å². The number of benzene rings is 1. The Balaban J connectivity index is 2.18. The predicted octanol–water partition coefficient (Wildman–Crippen LogP) is 3.59. The van der Waals surface area contributed by atoms with E-state index in [0.29, 0.717) is 11.3 Å². The molecule has 0 fully saturated rings. The molecule has 2 aromatic rings.